The van der Waals surface area contributed by atoms with Gasteiger partial charge in [-0.15, -0.1) is 0 Å². The van der Waals surface area contributed by atoms with E-state index in [1.54, 1.807) is 6.92 Å². The zero-order valence-corrected chi connectivity index (χ0v) is 12.8. The maximum atomic E-state index is 11.5. The van der Waals surface area contributed by atoms with Crippen LogP contribution in [-0.4, -0.2) is 31.6 Å². The van der Waals surface area contributed by atoms with Crippen LogP contribution in [0.2, 0.25) is 5.02 Å². The topological polar surface area (TPSA) is 58.4 Å². The summed E-state index contributed by atoms with van der Waals surface area (Å²) in [7, 11) is 0. The summed E-state index contributed by atoms with van der Waals surface area (Å²) in [5.74, 6) is 0.387. The third-order valence-electron chi connectivity index (χ3n) is 3.78. The molecule has 1 aromatic rings. The van der Waals surface area contributed by atoms with Crippen LogP contribution in [0.5, 0.6) is 0 Å². The van der Waals surface area contributed by atoms with Crippen LogP contribution < -0.4 is 16.0 Å². The molecule has 0 saturated carbocycles. The quantitative estimate of drug-likeness (QED) is 0.892. The van der Waals surface area contributed by atoms with Gasteiger partial charge >= 0.3 is 0 Å². The first kappa shape index (κ1) is 15.1. The third-order valence-corrected chi connectivity index (χ3v) is 4.01. The summed E-state index contributed by atoms with van der Waals surface area (Å²) < 4.78 is 0. The summed E-state index contributed by atoms with van der Waals surface area (Å²) in [6, 6.07) is 5.53. The number of carbonyl (C=O) groups is 1. The van der Waals surface area contributed by atoms with E-state index in [9.17, 15) is 4.79 Å². The molecule has 2 rings (SSSR count). The number of hydrogen-bond acceptors (Lipinski definition) is 3. The first-order valence-corrected chi connectivity index (χ1v) is 7.39. The fraction of sp³-hybridized carbons (Fsp3) is 0.533. The molecule has 110 valence electrons. The molecule has 1 aromatic carbocycles. The summed E-state index contributed by atoms with van der Waals surface area (Å²) in [6.45, 7) is 6.43. The third kappa shape index (κ3) is 3.64. The SMILES string of the molecule is Cc1ccc(Cl)cc1N1CCC(CNC(=O)C(C)N)C1. The smallest absolute Gasteiger partial charge is 0.236 e. The molecule has 5 heteroatoms. The molecule has 1 aliphatic heterocycles. The molecule has 0 spiro atoms. The number of benzene rings is 1. The van der Waals surface area contributed by atoms with E-state index < -0.39 is 6.04 Å². The van der Waals surface area contributed by atoms with E-state index in [4.69, 9.17) is 17.3 Å². The van der Waals surface area contributed by atoms with Crippen molar-refractivity contribution in [2.24, 2.45) is 11.7 Å². The zero-order chi connectivity index (χ0) is 14.7. The van der Waals surface area contributed by atoms with Crippen molar-refractivity contribution in [2.45, 2.75) is 26.3 Å². The Morgan fingerprint density at radius 1 is 1.60 bits per heavy atom. The minimum atomic E-state index is -0.442. The number of hydrogen-bond donors (Lipinski definition) is 2. The average molecular weight is 296 g/mol. The van der Waals surface area contributed by atoms with E-state index in [1.165, 1.54) is 11.3 Å². The number of nitrogens with two attached hydrogens (primary N) is 1. The van der Waals surface area contributed by atoms with Gasteiger partial charge in [0.25, 0.3) is 0 Å². The maximum Gasteiger partial charge on any atom is 0.236 e. The standard InChI is InChI=1S/C15H22ClN3O/c1-10-3-4-13(16)7-14(10)19-6-5-12(9-19)8-18-15(20)11(2)17/h3-4,7,11-12H,5-6,8-9,17H2,1-2H3,(H,18,20). The van der Waals surface area contributed by atoms with Crippen LogP contribution in [0.15, 0.2) is 18.2 Å². The van der Waals surface area contributed by atoms with Crippen LogP contribution in [0, 0.1) is 12.8 Å². The van der Waals surface area contributed by atoms with Crippen molar-refractivity contribution in [3.63, 3.8) is 0 Å². The predicted molar refractivity (Wildman–Crippen MR) is 83.2 cm³/mol. The van der Waals surface area contributed by atoms with Gasteiger partial charge in [0.1, 0.15) is 0 Å². The van der Waals surface area contributed by atoms with Crippen molar-refractivity contribution in [1.29, 1.82) is 0 Å². The van der Waals surface area contributed by atoms with Crippen molar-refractivity contribution >= 4 is 23.2 Å². The van der Waals surface area contributed by atoms with E-state index in [1.807, 2.05) is 18.2 Å². The lowest BCUT2D eigenvalue weighted by molar-refractivity contribution is -0.122. The van der Waals surface area contributed by atoms with Gasteiger partial charge in [0.15, 0.2) is 0 Å². The monoisotopic (exact) mass is 295 g/mol. The minimum absolute atomic E-state index is 0.0811. The molecule has 1 fully saturated rings. The second-order valence-corrected chi connectivity index (χ2v) is 6.00. The lowest BCUT2D eigenvalue weighted by Crippen LogP contribution is -2.40. The molecule has 1 heterocycles. The molecule has 0 aliphatic carbocycles. The molecule has 2 atom stereocenters. The Hall–Kier alpha value is -1.26. The summed E-state index contributed by atoms with van der Waals surface area (Å²) in [5.41, 5.74) is 7.96. The van der Waals surface area contributed by atoms with Crippen molar-refractivity contribution in [2.75, 3.05) is 24.5 Å². The summed E-state index contributed by atoms with van der Waals surface area (Å²) in [5, 5.41) is 3.67. The molecular weight excluding hydrogens is 274 g/mol. The number of nitrogens with zero attached hydrogens (tertiary/aromatic N) is 1. The molecule has 1 saturated heterocycles. The van der Waals surface area contributed by atoms with Crippen LogP contribution in [0.4, 0.5) is 5.69 Å². The Morgan fingerprint density at radius 2 is 2.35 bits per heavy atom. The lowest BCUT2D eigenvalue weighted by Gasteiger charge is -2.21. The Morgan fingerprint density at radius 3 is 3.05 bits per heavy atom. The Bertz CT molecular complexity index is 490. The number of carbonyl (C=O) groups excluding carboxylic acids is 1. The molecule has 0 radical (unpaired) electrons. The fourth-order valence-electron chi connectivity index (χ4n) is 2.55. The zero-order valence-electron chi connectivity index (χ0n) is 12.0. The van der Waals surface area contributed by atoms with Gasteiger partial charge in [0.05, 0.1) is 6.04 Å². The van der Waals surface area contributed by atoms with Crippen molar-refractivity contribution in [3.05, 3.63) is 28.8 Å². The molecule has 1 amide bonds. The van der Waals surface area contributed by atoms with Crippen molar-refractivity contribution < 1.29 is 4.79 Å². The van der Waals surface area contributed by atoms with E-state index in [0.717, 1.165) is 24.5 Å². The van der Waals surface area contributed by atoms with Gasteiger partial charge in [0, 0.05) is 30.3 Å². The molecule has 0 aromatic heterocycles. The molecule has 0 bridgehead atoms. The van der Waals surface area contributed by atoms with E-state index in [-0.39, 0.29) is 5.91 Å². The highest BCUT2D eigenvalue weighted by molar-refractivity contribution is 6.30. The second kappa shape index (κ2) is 6.46. The van der Waals surface area contributed by atoms with Crippen LogP contribution in [0.1, 0.15) is 18.9 Å². The van der Waals surface area contributed by atoms with Gasteiger partial charge in [-0.25, -0.2) is 0 Å². The molecule has 1 aliphatic rings. The Kier molecular flexibility index (Phi) is 4.89. The number of rotatable bonds is 4. The van der Waals surface area contributed by atoms with Crippen LogP contribution in [0.25, 0.3) is 0 Å². The Balaban J connectivity index is 1.92. The first-order chi connectivity index (χ1) is 9.47. The van der Waals surface area contributed by atoms with E-state index >= 15 is 0 Å². The highest BCUT2D eigenvalue weighted by atomic mass is 35.5. The number of halogens is 1. The van der Waals surface area contributed by atoms with Crippen molar-refractivity contribution in [3.8, 4) is 0 Å². The maximum absolute atomic E-state index is 11.5. The van der Waals surface area contributed by atoms with E-state index in [2.05, 4.69) is 17.1 Å². The molecule has 4 nitrogen and oxygen atoms in total. The van der Waals surface area contributed by atoms with Gasteiger partial charge in [-0.3, -0.25) is 4.79 Å². The normalized spacial score (nSPS) is 20.0. The van der Waals surface area contributed by atoms with Crippen LogP contribution >= 0.6 is 11.6 Å². The van der Waals surface area contributed by atoms with Crippen molar-refractivity contribution in [1.82, 2.24) is 5.32 Å². The fourth-order valence-corrected chi connectivity index (χ4v) is 2.71. The van der Waals surface area contributed by atoms with Gasteiger partial charge in [0.2, 0.25) is 5.91 Å². The highest BCUT2D eigenvalue weighted by Crippen LogP contribution is 2.29. The second-order valence-electron chi connectivity index (χ2n) is 5.57. The van der Waals surface area contributed by atoms with Gasteiger partial charge in [-0.2, -0.15) is 0 Å². The van der Waals surface area contributed by atoms with Gasteiger partial charge < -0.3 is 16.0 Å². The minimum Gasteiger partial charge on any atom is -0.371 e. The van der Waals surface area contributed by atoms with Gasteiger partial charge in [-0.05, 0) is 43.9 Å². The van der Waals surface area contributed by atoms with Gasteiger partial charge in [-0.1, -0.05) is 17.7 Å². The number of nitrogens with one attached hydrogen (secondary N) is 1. The number of amides is 1. The molecular formula is C15H22ClN3O. The Labute approximate surface area is 125 Å². The molecule has 3 N–H and O–H groups in total. The molecule has 2 unspecified atom stereocenters. The summed E-state index contributed by atoms with van der Waals surface area (Å²) in [6.07, 6.45) is 1.07. The predicted octanol–water partition coefficient (Wildman–Crippen LogP) is 1.94. The highest BCUT2D eigenvalue weighted by Gasteiger charge is 2.24. The molecule has 20 heavy (non-hydrogen) atoms. The number of aryl methyl sites for hydroxylation is 1. The van der Waals surface area contributed by atoms with E-state index in [0.29, 0.717) is 12.5 Å². The largest absolute Gasteiger partial charge is 0.371 e. The summed E-state index contributed by atoms with van der Waals surface area (Å²) in [4.78, 5) is 13.8. The van der Waals surface area contributed by atoms with Crippen LogP contribution in [0.3, 0.4) is 0 Å². The first-order valence-electron chi connectivity index (χ1n) is 7.01. The van der Waals surface area contributed by atoms with Crippen LogP contribution in [-0.2, 0) is 4.79 Å². The summed E-state index contributed by atoms with van der Waals surface area (Å²) >= 11 is 6.07. The number of anilines is 1. The average Bonchev–Trinajstić information content (AvgIpc) is 2.87. The lowest BCUT2D eigenvalue weighted by atomic mass is 10.1.